The number of aromatic nitrogens is 1. The summed E-state index contributed by atoms with van der Waals surface area (Å²) in [5, 5.41) is 11.8. The predicted octanol–water partition coefficient (Wildman–Crippen LogP) is 3.34. The third-order valence-electron chi connectivity index (χ3n) is 2.98. The van der Waals surface area contributed by atoms with Crippen LogP contribution in [0.4, 0.5) is 5.69 Å². The van der Waals surface area contributed by atoms with Crippen LogP contribution in [0.25, 0.3) is 0 Å². The van der Waals surface area contributed by atoms with E-state index in [0.717, 1.165) is 5.56 Å². The highest BCUT2D eigenvalue weighted by Gasteiger charge is 2.19. The quantitative estimate of drug-likeness (QED) is 0.803. The van der Waals surface area contributed by atoms with Crippen LogP contribution < -0.4 is 5.32 Å². The Morgan fingerprint density at radius 2 is 2.00 bits per heavy atom. The molecule has 0 radical (unpaired) electrons. The monoisotopic (exact) mass is 336 g/mol. The van der Waals surface area contributed by atoms with Gasteiger partial charge in [0.25, 0.3) is 5.91 Å². The molecule has 6 heteroatoms. The van der Waals surface area contributed by atoms with Crippen molar-refractivity contribution in [2.45, 2.75) is 13.8 Å². The summed E-state index contributed by atoms with van der Waals surface area (Å²) in [5.74, 6) is -1.44. The summed E-state index contributed by atoms with van der Waals surface area (Å²) in [5.41, 5.74) is 2.22. The van der Waals surface area contributed by atoms with Crippen molar-refractivity contribution in [3.05, 3.63) is 51.3 Å². The normalized spacial score (nSPS) is 10.3. The van der Waals surface area contributed by atoms with Gasteiger partial charge in [0, 0.05) is 16.4 Å². The van der Waals surface area contributed by atoms with Gasteiger partial charge in [-0.25, -0.2) is 4.79 Å². The van der Waals surface area contributed by atoms with Gasteiger partial charge >= 0.3 is 5.97 Å². The van der Waals surface area contributed by atoms with Gasteiger partial charge < -0.3 is 15.4 Å². The van der Waals surface area contributed by atoms with Crippen LogP contribution in [-0.2, 0) is 0 Å². The van der Waals surface area contributed by atoms with Crippen LogP contribution in [0.15, 0.2) is 28.9 Å². The summed E-state index contributed by atoms with van der Waals surface area (Å²) in [4.78, 5) is 26.2. The fourth-order valence-electron chi connectivity index (χ4n) is 1.91. The van der Waals surface area contributed by atoms with Gasteiger partial charge in [-0.15, -0.1) is 0 Å². The van der Waals surface area contributed by atoms with Crippen LogP contribution in [0.5, 0.6) is 0 Å². The van der Waals surface area contributed by atoms with Crippen molar-refractivity contribution in [1.29, 1.82) is 0 Å². The average molecular weight is 337 g/mol. The number of carboxylic acids is 1. The summed E-state index contributed by atoms with van der Waals surface area (Å²) >= 11 is 3.36. The second-order valence-electron chi connectivity index (χ2n) is 4.40. The minimum absolute atomic E-state index is 0.0714. The summed E-state index contributed by atoms with van der Waals surface area (Å²) in [6.45, 7) is 3.52. The molecule has 0 unspecified atom stereocenters. The van der Waals surface area contributed by atoms with Crippen molar-refractivity contribution in [3.8, 4) is 0 Å². The zero-order valence-corrected chi connectivity index (χ0v) is 12.5. The van der Waals surface area contributed by atoms with Crippen molar-refractivity contribution in [2.75, 3.05) is 5.32 Å². The van der Waals surface area contributed by atoms with Crippen molar-refractivity contribution in [2.24, 2.45) is 0 Å². The third-order valence-corrected chi connectivity index (χ3v) is 4.03. The first-order valence-corrected chi connectivity index (χ1v) is 6.69. The molecular formula is C14H13BrN2O3. The standard InChI is InChI=1S/C14H13BrN2O3/c1-7-4-3-5-9(12(7)15)13(18)17-10-6-16-8(2)11(10)14(19)20/h3-6,16H,1-2H3,(H,17,18)(H,19,20). The number of benzene rings is 1. The van der Waals surface area contributed by atoms with E-state index in [-0.39, 0.29) is 17.2 Å². The van der Waals surface area contributed by atoms with E-state index >= 15 is 0 Å². The molecule has 20 heavy (non-hydrogen) atoms. The second kappa shape index (κ2) is 5.50. The first kappa shape index (κ1) is 14.3. The highest BCUT2D eigenvalue weighted by atomic mass is 79.9. The molecule has 0 aliphatic heterocycles. The van der Waals surface area contributed by atoms with E-state index in [4.69, 9.17) is 5.11 Å². The molecule has 1 amide bonds. The summed E-state index contributed by atoms with van der Waals surface area (Å²) in [6.07, 6.45) is 1.47. The molecule has 1 aromatic heterocycles. The number of aromatic amines is 1. The van der Waals surface area contributed by atoms with Crippen LogP contribution >= 0.6 is 15.9 Å². The van der Waals surface area contributed by atoms with Gasteiger partial charge in [0.2, 0.25) is 0 Å². The molecule has 0 bridgehead atoms. The highest BCUT2D eigenvalue weighted by molar-refractivity contribution is 9.10. The number of hydrogen-bond donors (Lipinski definition) is 3. The molecule has 2 aromatic rings. The predicted molar refractivity (Wildman–Crippen MR) is 79.3 cm³/mol. The number of carbonyl (C=O) groups is 2. The van der Waals surface area contributed by atoms with Crippen LogP contribution in [0.1, 0.15) is 32.0 Å². The Bertz CT molecular complexity index is 692. The van der Waals surface area contributed by atoms with Crippen LogP contribution in [0.3, 0.4) is 0 Å². The highest BCUT2D eigenvalue weighted by Crippen LogP contribution is 2.24. The summed E-state index contributed by atoms with van der Waals surface area (Å²) < 4.78 is 0.696. The Labute approximate surface area is 124 Å². The first-order valence-electron chi connectivity index (χ1n) is 5.89. The van der Waals surface area contributed by atoms with Gasteiger partial charge in [-0.05, 0) is 41.4 Å². The number of rotatable bonds is 3. The van der Waals surface area contributed by atoms with Gasteiger partial charge in [0.15, 0.2) is 0 Å². The number of carboxylic acid groups (broad SMARTS) is 1. The molecule has 0 fully saturated rings. The minimum atomic E-state index is -1.08. The molecule has 1 heterocycles. The number of nitrogens with one attached hydrogen (secondary N) is 2. The lowest BCUT2D eigenvalue weighted by molar-refractivity contribution is 0.0697. The Hall–Kier alpha value is -2.08. The maximum Gasteiger partial charge on any atom is 0.339 e. The van der Waals surface area contributed by atoms with Crippen LogP contribution in [0.2, 0.25) is 0 Å². The number of anilines is 1. The Morgan fingerprint density at radius 3 is 2.65 bits per heavy atom. The van der Waals surface area contributed by atoms with Gasteiger partial charge in [-0.1, -0.05) is 12.1 Å². The van der Waals surface area contributed by atoms with Crippen molar-refractivity contribution >= 4 is 33.5 Å². The number of hydrogen-bond acceptors (Lipinski definition) is 2. The lowest BCUT2D eigenvalue weighted by atomic mass is 10.1. The summed E-state index contributed by atoms with van der Waals surface area (Å²) in [7, 11) is 0. The molecule has 2 rings (SSSR count). The Kier molecular flexibility index (Phi) is 3.94. The van der Waals surface area contributed by atoms with E-state index in [1.165, 1.54) is 6.20 Å². The number of carbonyl (C=O) groups excluding carboxylic acids is 1. The summed E-state index contributed by atoms with van der Waals surface area (Å²) in [6, 6.07) is 5.33. The largest absolute Gasteiger partial charge is 0.478 e. The molecule has 0 saturated heterocycles. The molecule has 5 nitrogen and oxygen atoms in total. The van der Waals surface area contributed by atoms with Crippen molar-refractivity contribution < 1.29 is 14.7 Å². The number of aromatic carboxylic acids is 1. The molecule has 0 aliphatic rings. The number of aryl methyl sites for hydroxylation is 2. The minimum Gasteiger partial charge on any atom is -0.478 e. The fraction of sp³-hybridized carbons (Fsp3) is 0.143. The van der Waals surface area contributed by atoms with Gasteiger partial charge in [-0.2, -0.15) is 0 Å². The van der Waals surface area contributed by atoms with E-state index in [0.29, 0.717) is 15.7 Å². The van der Waals surface area contributed by atoms with E-state index in [9.17, 15) is 9.59 Å². The molecule has 0 aliphatic carbocycles. The molecular weight excluding hydrogens is 324 g/mol. The van der Waals surface area contributed by atoms with Gasteiger partial charge in [0.1, 0.15) is 5.56 Å². The molecule has 0 spiro atoms. The van der Waals surface area contributed by atoms with E-state index in [1.807, 2.05) is 13.0 Å². The number of amides is 1. The number of halogens is 1. The lowest BCUT2D eigenvalue weighted by Crippen LogP contribution is -2.14. The second-order valence-corrected chi connectivity index (χ2v) is 5.19. The van der Waals surface area contributed by atoms with Crippen LogP contribution in [0, 0.1) is 13.8 Å². The van der Waals surface area contributed by atoms with E-state index in [1.54, 1.807) is 19.1 Å². The van der Waals surface area contributed by atoms with E-state index in [2.05, 4.69) is 26.2 Å². The molecule has 104 valence electrons. The Balaban J connectivity index is 2.33. The topological polar surface area (TPSA) is 82.2 Å². The fourth-order valence-corrected chi connectivity index (χ4v) is 2.36. The molecule has 1 aromatic carbocycles. The molecule has 3 N–H and O–H groups in total. The number of H-pyrrole nitrogens is 1. The van der Waals surface area contributed by atoms with Crippen molar-refractivity contribution in [1.82, 2.24) is 4.98 Å². The smallest absolute Gasteiger partial charge is 0.339 e. The SMILES string of the molecule is Cc1cccc(C(=O)Nc2c[nH]c(C)c2C(=O)O)c1Br. The van der Waals surface area contributed by atoms with E-state index < -0.39 is 5.97 Å². The van der Waals surface area contributed by atoms with Crippen molar-refractivity contribution in [3.63, 3.8) is 0 Å². The van der Waals surface area contributed by atoms with Gasteiger partial charge in [0.05, 0.1) is 11.3 Å². The Morgan fingerprint density at radius 1 is 1.30 bits per heavy atom. The maximum atomic E-state index is 12.2. The molecule has 0 saturated carbocycles. The zero-order valence-electron chi connectivity index (χ0n) is 11.0. The average Bonchev–Trinajstić information content (AvgIpc) is 2.73. The lowest BCUT2D eigenvalue weighted by Gasteiger charge is -2.08. The first-order chi connectivity index (χ1) is 9.41. The maximum absolute atomic E-state index is 12.2. The molecule has 0 atom stereocenters. The van der Waals surface area contributed by atoms with Crippen LogP contribution in [-0.4, -0.2) is 22.0 Å². The zero-order chi connectivity index (χ0) is 14.9. The van der Waals surface area contributed by atoms with Gasteiger partial charge in [-0.3, -0.25) is 4.79 Å². The third kappa shape index (κ3) is 2.60.